The quantitative estimate of drug-likeness (QED) is 0.530. The molecule has 4 heteroatoms. The van der Waals surface area contributed by atoms with Crippen LogP contribution in [0.15, 0.2) is 57.5 Å². The number of hydrogen-bond donors (Lipinski definition) is 0. The first-order valence-electron chi connectivity index (χ1n) is 5.91. The standard InChI is InChI=1S/C16H12Br2O2/c1-20-16-9-7-13(18)10-14(16)15(19)8-4-11-2-5-12(17)6-3-11/h2-10H,1H3/b8-4+. The number of hydrogen-bond acceptors (Lipinski definition) is 2. The van der Waals surface area contributed by atoms with Crippen LogP contribution in [-0.4, -0.2) is 12.9 Å². The molecule has 0 aromatic heterocycles. The summed E-state index contributed by atoms with van der Waals surface area (Å²) in [7, 11) is 1.55. The summed E-state index contributed by atoms with van der Waals surface area (Å²) in [5.74, 6) is 0.477. The monoisotopic (exact) mass is 394 g/mol. The number of benzene rings is 2. The highest BCUT2D eigenvalue weighted by atomic mass is 79.9. The average molecular weight is 396 g/mol. The molecule has 0 spiro atoms. The van der Waals surface area contributed by atoms with Crippen molar-refractivity contribution in [2.24, 2.45) is 0 Å². The van der Waals surface area contributed by atoms with Crippen molar-refractivity contribution in [3.8, 4) is 5.75 Å². The molecule has 0 fully saturated rings. The molecule has 0 saturated heterocycles. The molecule has 0 bridgehead atoms. The van der Waals surface area contributed by atoms with Gasteiger partial charge in [-0.05, 0) is 42.0 Å². The van der Waals surface area contributed by atoms with Crippen LogP contribution in [-0.2, 0) is 0 Å². The maximum absolute atomic E-state index is 12.2. The van der Waals surface area contributed by atoms with Crippen LogP contribution in [0.4, 0.5) is 0 Å². The molecule has 0 heterocycles. The summed E-state index contributed by atoms with van der Waals surface area (Å²) in [6.45, 7) is 0. The van der Waals surface area contributed by atoms with Crippen molar-refractivity contribution in [2.75, 3.05) is 7.11 Å². The SMILES string of the molecule is COc1ccc(Br)cc1C(=O)/C=C/c1ccc(Br)cc1. The second kappa shape index (κ2) is 6.86. The normalized spacial score (nSPS) is 10.8. The molecule has 0 atom stereocenters. The lowest BCUT2D eigenvalue weighted by Crippen LogP contribution is -1.98. The summed E-state index contributed by atoms with van der Waals surface area (Å²) in [5, 5.41) is 0. The van der Waals surface area contributed by atoms with Crippen LogP contribution < -0.4 is 4.74 Å². The van der Waals surface area contributed by atoms with E-state index < -0.39 is 0 Å². The van der Waals surface area contributed by atoms with E-state index in [4.69, 9.17) is 4.74 Å². The molecule has 0 amide bonds. The first kappa shape index (κ1) is 15.0. The van der Waals surface area contributed by atoms with Crippen LogP contribution in [0, 0.1) is 0 Å². The van der Waals surface area contributed by atoms with Crippen LogP contribution in [0.5, 0.6) is 5.75 Å². The van der Waals surface area contributed by atoms with Crippen molar-refractivity contribution < 1.29 is 9.53 Å². The topological polar surface area (TPSA) is 26.3 Å². The second-order valence-electron chi connectivity index (χ2n) is 4.09. The Labute approximate surface area is 134 Å². The zero-order valence-electron chi connectivity index (χ0n) is 10.8. The Kier molecular flexibility index (Phi) is 5.15. The van der Waals surface area contributed by atoms with Crippen LogP contribution in [0.1, 0.15) is 15.9 Å². The van der Waals surface area contributed by atoms with E-state index in [0.717, 1.165) is 14.5 Å². The number of rotatable bonds is 4. The Morgan fingerprint density at radius 3 is 2.35 bits per heavy atom. The van der Waals surface area contributed by atoms with Gasteiger partial charge in [0, 0.05) is 8.95 Å². The molecule has 0 unspecified atom stereocenters. The van der Waals surface area contributed by atoms with Crippen LogP contribution in [0.2, 0.25) is 0 Å². The highest BCUT2D eigenvalue weighted by Gasteiger charge is 2.09. The largest absolute Gasteiger partial charge is 0.496 e. The number of ether oxygens (including phenoxy) is 1. The van der Waals surface area contributed by atoms with Gasteiger partial charge in [0.1, 0.15) is 5.75 Å². The summed E-state index contributed by atoms with van der Waals surface area (Å²) in [5.41, 5.74) is 1.51. The highest BCUT2D eigenvalue weighted by molar-refractivity contribution is 9.10. The number of ketones is 1. The molecule has 2 aromatic carbocycles. The summed E-state index contributed by atoms with van der Waals surface area (Å²) in [6, 6.07) is 13.1. The predicted molar refractivity (Wildman–Crippen MR) is 88.2 cm³/mol. The molecule has 2 nitrogen and oxygen atoms in total. The first-order valence-corrected chi connectivity index (χ1v) is 7.50. The smallest absolute Gasteiger partial charge is 0.189 e. The predicted octanol–water partition coefficient (Wildman–Crippen LogP) is 5.12. The minimum absolute atomic E-state index is 0.0916. The van der Waals surface area contributed by atoms with Crippen molar-refractivity contribution in [3.63, 3.8) is 0 Å². The molecule has 0 saturated carbocycles. The summed E-state index contributed by atoms with van der Waals surface area (Å²) in [6.07, 6.45) is 3.34. The van der Waals surface area contributed by atoms with Gasteiger partial charge >= 0.3 is 0 Å². The lowest BCUT2D eigenvalue weighted by atomic mass is 10.1. The van der Waals surface area contributed by atoms with Crippen molar-refractivity contribution in [1.82, 2.24) is 0 Å². The van der Waals surface area contributed by atoms with E-state index in [-0.39, 0.29) is 5.78 Å². The number of halogens is 2. The van der Waals surface area contributed by atoms with Crippen molar-refractivity contribution >= 4 is 43.7 Å². The minimum atomic E-state index is -0.0916. The van der Waals surface area contributed by atoms with Gasteiger partial charge in [0.25, 0.3) is 0 Å². The summed E-state index contributed by atoms with van der Waals surface area (Å²) < 4.78 is 7.06. The Hall–Kier alpha value is -1.39. The molecule has 102 valence electrons. The van der Waals surface area contributed by atoms with Crippen LogP contribution in [0.3, 0.4) is 0 Å². The fourth-order valence-electron chi connectivity index (χ4n) is 1.71. The lowest BCUT2D eigenvalue weighted by molar-refractivity contribution is 0.104. The summed E-state index contributed by atoms with van der Waals surface area (Å²) in [4.78, 5) is 12.2. The number of carbonyl (C=O) groups is 1. The van der Waals surface area contributed by atoms with Gasteiger partial charge in [-0.3, -0.25) is 4.79 Å². The molecule has 2 rings (SSSR count). The van der Waals surface area contributed by atoms with E-state index >= 15 is 0 Å². The molecular weight excluding hydrogens is 384 g/mol. The van der Waals surface area contributed by atoms with Crippen molar-refractivity contribution in [2.45, 2.75) is 0 Å². The van der Waals surface area contributed by atoms with Crippen LogP contribution >= 0.6 is 31.9 Å². The molecule has 20 heavy (non-hydrogen) atoms. The third kappa shape index (κ3) is 3.81. The van der Waals surface area contributed by atoms with Gasteiger partial charge in [-0.2, -0.15) is 0 Å². The molecule has 2 aromatic rings. The van der Waals surface area contributed by atoms with Gasteiger partial charge in [0.2, 0.25) is 0 Å². The second-order valence-corrected chi connectivity index (χ2v) is 5.93. The van der Waals surface area contributed by atoms with E-state index in [9.17, 15) is 4.79 Å². The van der Waals surface area contributed by atoms with E-state index in [1.807, 2.05) is 30.3 Å². The van der Waals surface area contributed by atoms with E-state index in [0.29, 0.717) is 11.3 Å². The Balaban J connectivity index is 2.23. The maximum Gasteiger partial charge on any atom is 0.189 e. The molecular formula is C16H12Br2O2. The Morgan fingerprint density at radius 1 is 1.05 bits per heavy atom. The fraction of sp³-hybridized carbons (Fsp3) is 0.0625. The van der Waals surface area contributed by atoms with Gasteiger partial charge in [-0.25, -0.2) is 0 Å². The van der Waals surface area contributed by atoms with Gasteiger partial charge in [-0.1, -0.05) is 50.1 Å². The van der Waals surface area contributed by atoms with Gasteiger partial charge < -0.3 is 4.74 Å². The van der Waals surface area contributed by atoms with Gasteiger partial charge in [0.05, 0.1) is 12.7 Å². The van der Waals surface area contributed by atoms with Crippen LogP contribution in [0.25, 0.3) is 6.08 Å². The highest BCUT2D eigenvalue weighted by Crippen LogP contribution is 2.24. The Morgan fingerprint density at radius 2 is 1.70 bits per heavy atom. The lowest BCUT2D eigenvalue weighted by Gasteiger charge is -2.05. The molecule has 0 aliphatic carbocycles. The minimum Gasteiger partial charge on any atom is -0.496 e. The van der Waals surface area contributed by atoms with E-state index in [1.54, 1.807) is 31.4 Å². The number of carbonyl (C=O) groups excluding carboxylic acids is 1. The maximum atomic E-state index is 12.2. The van der Waals surface area contributed by atoms with Gasteiger partial charge in [-0.15, -0.1) is 0 Å². The Bertz CT molecular complexity index is 646. The third-order valence-corrected chi connectivity index (χ3v) is 3.75. The number of methoxy groups -OCH3 is 1. The zero-order valence-corrected chi connectivity index (χ0v) is 13.9. The zero-order chi connectivity index (χ0) is 14.5. The van der Waals surface area contributed by atoms with Crippen molar-refractivity contribution in [3.05, 3.63) is 68.6 Å². The third-order valence-electron chi connectivity index (χ3n) is 2.72. The van der Waals surface area contributed by atoms with Crippen molar-refractivity contribution in [1.29, 1.82) is 0 Å². The van der Waals surface area contributed by atoms with E-state index in [1.165, 1.54) is 0 Å². The first-order chi connectivity index (χ1) is 9.60. The number of allylic oxidation sites excluding steroid dienone is 1. The molecule has 0 aliphatic rings. The van der Waals surface area contributed by atoms with Gasteiger partial charge in [0.15, 0.2) is 5.78 Å². The van der Waals surface area contributed by atoms with E-state index in [2.05, 4.69) is 31.9 Å². The molecule has 0 aliphatic heterocycles. The molecule has 0 radical (unpaired) electrons. The molecule has 0 N–H and O–H groups in total. The average Bonchev–Trinajstić information content (AvgIpc) is 2.46. The summed E-state index contributed by atoms with van der Waals surface area (Å²) >= 11 is 6.74. The fourth-order valence-corrected chi connectivity index (χ4v) is 2.33.